The van der Waals surface area contributed by atoms with Crippen LogP contribution >= 0.6 is 0 Å². The van der Waals surface area contributed by atoms with Crippen molar-refractivity contribution in [3.05, 3.63) is 35.4 Å². The van der Waals surface area contributed by atoms with Crippen LogP contribution < -0.4 is 10.6 Å². The molecule has 9 heteroatoms. The zero-order valence-electron chi connectivity index (χ0n) is 13.4. The number of carbonyl (C=O) groups excluding carboxylic acids is 1. The molecule has 2 aliphatic rings. The molecule has 2 N–H and O–H groups in total. The van der Waals surface area contributed by atoms with Crippen LogP contribution in [0.1, 0.15) is 30.4 Å². The molecule has 0 atom stereocenters. The molecule has 1 spiro atoms. The first kappa shape index (κ1) is 17.5. The van der Waals surface area contributed by atoms with Gasteiger partial charge in [0.2, 0.25) is 5.90 Å². The maximum absolute atomic E-state index is 12.5. The summed E-state index contributed by atoms with van der Waals surface area (Å²) in [5, 5.41) is 9.53. The number of oxime groups is 1. The van der Waals surface area contributed by atoms with Gasteiger partial charge in [-0.1, -0.05) is 17.3 Å². The van der Waals surface area contributed by atoms with E-state index < -0.39 is 23.4 Å². The fraction of sp³-hybridized carbons (Fsp3) is 0.500. The number of hydrogen-bond acceptors (Lipinski definition) is 5. The van der Waals surface area contributed by atoms with Crippen molar-refractivity contribution in [3.63, 3.8) is 0 Å². The van der Waals surface area contributed by atoms with E-state index in [0.29, 0.717) is 12.0 Å². The van der Waals surface area contributed by atoms with Crippen molar-refractivity contribution in [2.45, 2.75) is 37.6 Å². The Bertz CT molecular complexity index is 653. The minimum atomic E-state index is -4.38. The van der Waals surface area contributed by atoms with Crippen LogP contribution in [0.25, 0.3) is 0 Å². The van der Waals surface area contributed by atoms with Crippen LogP contribution in [0.2, 0.25) is 0 Å². The molecule has 1 aromatic rings. The predicted octanol–water partition coefficient (Wildman–Crippen LogP) is 2.79. The van der Waals surface area contributed by atoms with Crippen molar-refractivity contribution in [1.29, 1.82) is 0 Å². The molecule has 3 rings (SSSR count). The number of nitrogens with one attached hydrogen (secondary N) is 2. The molecule has 0 bridgehead atoms. The van der Waals surface area contributed by atoms with Crippen LogP contribution in [-0.2, 0) is 22.3 Å². The summed E-state index contributed by atoms with van der Waals surface area (Å²) in [6.45, 7) is 1.70. The topological polar surface area (TPSA) is 72.0 Å². The Morgan fingerprint density at radius 1 is 1.28 bits per heavy atom. The van der Waals surface area contributed by atoms with Gasteiger partial charge in [-0.25, -0.2) is 4.79 Å². The van der Waals surface area contributed by atoms with E-state index in [1.54, 1.807) is 0 Å². The molecule has 2 aliphatic heterocycles. The van der Waals surface area contributed by atoms with Crippen molar-refractivity contribution in [2.24, 2.45) is 5.16 Å². The summed E-state index contributed by atoms with van der Waals surface area (Å²) in [6.07, 6.45) is -3.08. The summed E-state index contributed by atoms with van der Waals surface area (Å²) < 4.78 is 42.6. The third-order valence-electron chi connectivity index (χ3n) is 4.26. The second-order valence-electron chi connectivity index (χ2n) is 6.12. The van der Waals surface area contributed by atoms with Crippen LogP contribution in [0, 0.1) is 0 Å². The Labute approximate surface area is 142 Å². The van der Waals surface area contributed by atoms with Gasteiger partial charge in [0, 0.05) is 19.4 Å². The molecule has 0 unspecified atom stereocenters. The molecule has 6 nitrogen and oxygen atoms in total. The SMILES string of the molecule is O=C(NCc1ccc(C(F)(F)F)cc1)OC1=NOC2(CCNCC2)C1. The zero-order chi connectivity index (χ0) is 17.9. The summed E-state index contributed by atoms with van der Waals surface area (Å²) in [5.74, 6) is 0.215. The van der Waals surface area contributed by atoms with Gasteiger partial charge in [-0.2, -0.15) is 13.2 Å². The third-order valence-corrected chi connectivity index (χ3v) is 4.26. The maximum Gasteiger partial charge on any atom is 0.416 e. The number of halogens is 3. The first-order chi connectivity index (χ1) is 11.9. The number of amides is 1. The van der Waals surface area contributed by atoms with E-state index in [1.807, 2.05) is 0 Å². The normalized spacial score (nSPS) is 19.2. The Morgan fingerprint density at radius 2 is 1.96 bits per heavy atom. The molecule has 0 aromatic heterocycles. The van der Waals surface area contributed by atoms with E-state index in [-0.39, 0.29) is 12.4 Å². The lowest BCUT2D eigenvalue weighted by Crippen LogP contribution is -2.42. The first-order valence-corrected chi connectivity index (χ1v) is 7.94. The largest absolute Gasteiger partial charge is 0.416 e. The number of alkyl carbamates (subject to hydrolysis) is 1. The van der Waals surface area contributed by atoms with E-state index in [9.17, 15) is 18.0 Å². The van der Waals surface area contributed by atoms with E-state index in [0.717, 1.165) is 38.1 Å². The Morgan fingerprint density at radius 3 is 2.60 bits per heavy atom. The number of ether oxygens (including phenoxy) is 1. The first-order valence-electron chi connectivity index (χ1n) is 7.94. The molecule has 136 valence electrons. The fourth-order valence-electron chi connectivity index (χ4n) is 2.82. The summed E-state index contributed by atoms with van der Waals surface area (Å²) in [6, 6.07) is 4.56. The van der Waals surface area contributed by atoms with E-state index in [4.69, 9.17) is 9.57 Å². The monoisotopic (exact) mass is 357 g/mol. The standard InChI is InChI=1S/C16H18F3N3O3/c17-16(18,19)12-3-1-11(2-4-12)10-21-14(23)24-13-9-15(25-22-13)5-7-20-8-6-15/h1-4,20H,5-10H2,(H,21,23). The Balaban J connectivity index is 1.45. The molecule has 1 amide bonds. The van der Waals surface area contributed by atoms with E-state index in [1.165, 1.54) is 12.1 Å². The van der Waals surface area contributed by atoms with E-state index >= 15 is 0 Å². The van der Waals surface area contributed by atoms with Crippen LogP contribution in [0.3, 0.4) is 0 Å². The van der Waals surface area contributed by atoms with Crippen molar-refractivity contribution in [3.8, 4) is 0 Å². The van der Waals surface area contributed by atoms with Crippen LogP contribution in [0.15, 0.2) is 29.4 Å². The molecule has 2 heterocycles. The van der Waals surface area contributed by atoms with Gasteiger partial charge in [-0.15, -0.1) is 0 Å². The van der Waals surface area contributed by atoms with Gasteiger partial charge < -0.3 is 20.2 Å². The van der Waals surface area contributed by atoms with Gasteiger partial charge in [-0.3, -0.25) is 0 Å². The van der Waals surface area contributed by atoms with Crippen molar-refractivity contribution >= 4 is 12.0 Å². The van der Waals surface area contributed by atoms with E-state index in [2.05, 4.69) is 15.8 Å². The predicted molar refractivity (Wildman–Crippen MR) is 82.7 cm³/mol. The third kappa shape index (κ3) is 4.41. The zero-order valence-corrected chi connectivity index (χ0v) is 13.4. The summed E-state index contributed by atoms with van der Waals surface area (Å²) in [4.78, 5) is 17.2. The number of carbonyl (C=O) groups is 1. The number of nitrogens with zero attached hydrogens (tertiary/aromatic N) is 1. The number of hydrogen-bond donors (Lipinski definition) is 2. The molecule has 0 saturated carbocycles. The van der Waals surface area contributed by atoms with Crippen LogP contribution in [0.5, 0.6) is 0 Å². The lowest BCUT2D eigenvalue weighted by molar-refractivity contribution is -0.137. The fourth-order valence-corrected chi connectivity index (χ4v) is 2.82. The molecule has 25 heavy (non-hydrogen) atoms. The molecular weight excluding hydrogens is 339 g/mol. The number of alkyl halides is 3. The summed E-state index contributed by atoms with van der Waals surface area (Å²) in [5.41, 5.74) is -0.596. The quantitative estimate of drug-likeness (QED) is 0.854. The minimum Gasteiger partial charge on any atom is -0.392 e. The Kier molecular flexibility index (Phi) is 4.85. The Hall–Kier alpha value is -2.29. The van der Waals surface area contributed by atoms with Crippen LogP contribution in [0.4, 0.5) is 18.0 Å². The highest BCUT2D eigenvalue weighted by Crippen LogP contribution is 2.32. The highest BCUT2D eigenvalue weighted by Gasteiger charge is 2.41. The van der Waals surface area contributed by atoms with Gasteiger partial charge in [0.1, 0.15) is 5.60 Å². The highest BCUT2D eigenvalue weighted by atomic mass is 19.4. The average Bonchev–Trinajstić information content (AvgIpc) is 2.95. The lowest BCUT2D eigenvalue weighted by Gasteiger charge is -2.30. The smallest absolute Gasteiger partial charge is 0.392 e. The minimum absolute atomic E-state index is 0.0557. The van der Waals surface area contributed by atoms with Crippen LogP contribution in [-0.4, -0.2) is 30.7 Å². The van der Waals surface area contributed by atoms with Gasteiger partial charge in [-0.05, 0) is 30.8 Å². The van der Waals surface area contributed by atoms with Crippen molar-refractivity contribution in [1.82, 2.24) is 10.6 Å². The van der Waals surface area contributed by atoms with Gasteiger partial charge in [0.15, 0.2) is 0 Å². The van der Waals surface area contributed by atoms with Gasteiger partial charge in [0.05, 0.1) is 12.0 Å². The van der Waals surface area contributed by atoms with Gasteiger partial charge >= 0.3 is 12.3 Å². The molecule has 1 aromatic carbocycles. The number of piperidine rings is 1. The summed E-state index contributed by atoms with van der Waals surface area (Å²) >= 11 is 0. The second kappa shape index (κ2) is 6.91. The molecule has 1 fully saturated rings. The maximum atomic E-state index is 12.5. The van der Waals surface area contributed by atoms with Crippen molar-refractivity contribution < 1.29 is 27.5 Å². The lowest BCUT2D eigenvalue weighted by atomic mass is 9.89. The number of rotatable bonds is 2. The molecule has 1 saturated heterocycles. The van der Waals surface area contributed by atoms with Gasteiger partial charge in [0.25, 0.3) is 0 Å². The molecule has 0 radical (unpaired) electrons. The average molecular weight is 357 g/mol. The molecular formula is C16H18F3N3O3. The second-order valence-corrected chi connectivity index (χ2v) is 6.12. The summed E-state index contributed by atoms with van der Waals surface area (Å²) in [7, 11) is 0. The molecule has 0 aliphatic carbocycles. The highest BCUT2D eigenvalue weighted by molar-refractivity contribution is 5.89. The van der Waals surface area contributed by atoms with Crippen molar-refractivity contribution in [2.75, 3.05) is 13.1 Å². The number of benzene rings is 1.